The molecule has 0 amide bonds. The van der Waals surface area contributed by atoms with Crippen LogP contribution >= 0.6 is 0 Å². The predicted molar refractivity (Wildman–Crippen MR) is 46.0 cm³/mol. The fraction of sp³-hybridized carbons (Fsp3) is 1.00. The van der Waals surface area contributed by atoms with Gasteiger partial charge in [0, 0.05) is 5.92 Å². The second-order valence-corrected chi connectivity index (χ2v) is 3.41. The molecule has 78 valence electrons. The van der Waals surface area contributed by atoms with E-state index in [2.05, 4.69) is 5.32 Å². The highest BCUT2D eigenvalue weighted by Crippen LogP contribution is 2.24. The smallest absolute Gasteiger partial charge is 0.172 e. The Balaban J connectivity index is 2.66. The topological polar surface area (TPSA) is 82.0 Å². The Kier molecular flexibility index (Phi) is 3.63. The highest BCUT2D eigenvalue weighted by molar-refractivity contribution is 4.89. The normalized spacial score (nSPS) is 46.4. The van der Waals surface area contributed by atoms with Crippen LogP contribution < -0.4 is 5.32 Å². The predicted octanol–water partition coefficient (Wildman–Crippen LogP) is -1.72. The summed E-state index contributed by atoms with van der Waals surface area (Å²) in [6, 6.07) is -0.488. The van der Waals surface area contributed by atoms with Crippen LogP contribution in [0.2, 0.25) is 0 Å². The van der Waals surface area contributed by atoms with Crippen LogP contribution in [0.5, 0.6) is 0 Å². The quantitative estimate of drug-likeness (QED) is 0.417. The van der Waals surface area contributed by atoms with Crippen LogP contribution in [0.15, 0.2) is 0 Å². The molecule has 1 aliphatic rings. The zero-order chi connectivity index (χ0) is 10.0. The van der Waals surface area contributed by atoms with Crippen molar-refractivity contribution in [3.05, 3.63) is 0 Å². The van der Waals surface area contributed by atoms with Crippen molar-refractivity contribution < 1.29 is 20.1 Å². The van der Waals surface area contributed by atoms with Gasteiger partial charge in [-0.2, -0.15) is 0 Å². The first kappa shape index (κ1) is 10.9. The average molecular weight is 191 g/mol. The molecule has 0 radical (unpaired) electrons. The van der Waals surface area contributed by atoms with Gasteiger partial charge in [0.15, 0.2) is 6.29 Å². The summed E-state index contributed by atoms with van der Waals surface area (Å²) in [6.07, 6.45) is -2.26. The van der Waals surface area contributed by atoms with E-state index >= 15 is 0 Å². The van der Waals surface area contributed by atoms with E-state index in [4.69, 9.17) is 9.84 Å². The largest absolute Gasteiger partial charge is 0.394 e. The van der Waals surface area contributed by atoms with Crippen LogP contribution in [-0.2, 0) is 4.74 Å². The zero-order valence-electron chi connectivity index (χ0n) is 7.84. The standard InChI is InChI=1S/C8H17NO4/c1-4-5(3-10)13-8(12)6(9-2)7(4)11/h4-12H,3H2,1-2H3/t4-,5?,6?,7?,8-/m1/s1. The molecule has 13 heavy (non-hydrogen) atoms. The van der Waals surface area contributed by atoms with Crippen molar-refractivity contribution in [2.45, 2.75) is 31.5 Å². The van der Waals surface area contributed by atoms with Gasteiger partial charge >= 0.3 is 0 Å². The first-order valence-electron chi connectivity index (χ1n) is 4.41. The van der Waals surface area contributed by atoms with E-state index < -0.39 is 24.5 Å². The van der Waals surface area contributed by atoms with Crippen molar-refractivity contribution in [3.63, 3.8) is 0 Å². The lowest BCUT2D eigenvalue weighted by Gasteiger charge is -2.40. The van der Waals surface area contributed by atoms with Crippen molar-refractivity contribution in [2.24, 2.45) is 5.92 Å². The summed E-state index contributed by atoms with van der Waals surface area (Å²) in [4.78, 5) is 0. The summed E-state index contributed by atoms with van der Waals surface area (Å²) < 4.78 is 5.10. The number of aliphatic hydroxyl groups excluding tert-OH is 3. The number of rotatable bonds is 2. The lowest BCUT2D eigenvalue weighted by molar-refractivity contribution is -0.234. The molecule has 5 atom stereocenters. The van der Waals surface area contributed by atoms with Gasteiger partial charge < -0.3 is 25.4 Å². The minimum Gasteiger partial charge on any atom is -0.394 e. The highest BCUT2D eigenvalue weighted by Gasteiger charge is 2.40. The third kappa shape index (κ3) is 2.00. The molecule has 1 fully saturated rings. The zero-order valence-corrected chi connectivity index (χ0v) is 7.84. The van der Waals surface area contributed by atoms with E-state index in [9.17, 15) is 10.2 Å². The summed E-state index contributed by atoms with van der Waals surface area (Å²) >= 11 is 0. The number of hydrogen-bond acceptors (Lipinski definition) is 5. The summed E-state index contributed by atoms with van der Waals surface area (Å²) in [5, 5.41) is 30.8. The molecule has 0 spiro atoms. The van der Waals surface area contributed by atoms with Crippen LogP contribution in [0.25, 0.3) is 0 Å². The van der Waals surface area contributed by atoms with Gasteiger partial charge in [-0.25, -0.2) is 0 Å². The molecule has 1 saturated heterocycles. The lowest BCUT2D eigenvalue weighted by Crippen LogP contribution is -2.59. The van der Waals surface area contributed by atoms with E-state index in [0.717, 1.165) is 0 Å². The molecule has 0 saturated carbocycles. The van der Waals surface area contributed by atoms with Gasteiger partial charge in [0.25, 0.3) is 0 Å². The summed E-state index contributed by atoms with van der Waals surface area (Å²) in [6.45, 7) is 1.59. The number of ether oxygens (including phenoxy) is 1. The van der Waals surface area contributed by atoms with Crippen molar-refractivity contribution in [2.75, 3.05) is 13.7 Å². The Morgan fingerprint density at radius 2 is 2.00 bits per heavy atom. The first-order chi connectivity index (χ1) is 6.11. The molecule has 1 rings (SSSR count). The van der Waals surface area contributed by atoms with Gasteiger partial charge in [-0.1, -0.05) is 6.92 Å². The summed E-state index contributed by atoms with van der Waals surface area (Å²) in [7, 11) is 1.65. The Morgan fingerprint density at radius 3 is 2.46 bits per heavy atom. The molecular formula is C8H17NO4. The lowest BCUT2D eigenvalue weighted by atomic mass is 9.89. The number of nitrogens with one attached hydrogen (secondary N) is 1. The number of hydrogen-bond donors (Lipinski definition) is 4. The van der Waals surface area contributed by atoms with Gasteiger partial charge in [-0.15, -0.1) is 0 Å². The fourth-order valence-electron chi connectivity index (χ4n) is 1.63. The van der Waals surface area contributed by atoms with Gasteiger partial charge in [0.05, 0.1) is 24.9 Å². The van der Waals surface area contributed by atoms with Gasteiger partial charge in [0.1, 0.15) is 0 Å². The molecule has 5 heteroatoms. The van der Waals surface area contributed by atoms with Crippen molar-refractivity contribution in [1.29, 1.82) is 0 Å². The van der Waals surface area contributed by atoms with Gasteiger partial charge in [-0.05, 0) is 7.05 Å². The third-order valence-electron chi connectivity index (χ3n) is 2.63. The molecule has 0 aromatic carbocycles. The van der Waals surface area contributed by atoms with Crippen LogP contribution in [0.3, 0.4) is 0 Å². The van der Waals surface area contributed by atoms with Crippen LogP contribution in [0.1, 0.15) is 6.92 Å². The Bertz CT molecular complexity index is 166. The van der Waals surface area contributed by atoms with E-state index in [1.807, 2.05) is 0 Å². The minimum atomic E-state index is -1.06. The van der Waals surface area contributed by atoms with Crippen LogP contribution in [0.4, 0.5) is 0 Å². The maximum absolute atomic E-state index is 9.70. The molecule has 0 bridgehead atoms. The highest BCUT2D eigenvalue weighted by atomic mass is 16.6. The molecule has 5 nitrogen and oxygen atoms in total. The van der Waals surface area contributed by atoms with Gasteiger partial charge in [-0.3, -0.25) is 0 Å². The minimum absolute atomic E-state index is 0.189. The summed E-state index contributed by atoms with van der Waals surface area (Å²) in [5.74, 6) is -0.189. The molecular weight excluding hydrogens is 174 g/mol. The number of likely N-dealkylation sites (N-methyl/N-ethyl adjacent to an activating group) is 1. The van der Waals surface area contributed by atoms with Crippen LogP contribution in [0, 0.1) is 5.92 Å². The Labute approximate surface area is 77.3 Å². The van der Waals surface area contributed by atoms with E-state index in [0.29, 0.717) is 0 Å². The Morgan fingerprint density at radius 1 is 1.38 bits per heavy atom. The van der Waals surface area contributed by atoms with E-state index in [1.54, 1.807) is 14.0 Å². The average Bonchev–Trinajstić information content (AvgIpc) is 2.12. The third-order valence-corrected chi connectivity index (χ3v) is 2.63. The van der Waals surface area contributed by atoms with E-state index in [-0.39, 0.29) is 12.5 Å². The van der Waals surface area contributed by atoms with Crippen molar-refractivity contribution >= 4 is 0 Å². The molecule has 0 aromatic rings. The molecule has 1 heterocycles. The Hall–Kier alpha value is -0.200. The monoisotopic (exact) mass is 191 g/mol. The maximum atomic E-state index is 9.70. The summed E-state index contributed by atoms with van der Waals surface area (Å²) in [5.41, 5.74) is 0. The van der Waals surface area contributed by atoms with Crippen molar-refractivity contribution in [1.82, 2.24) is 5.32 Å². The van der Waals surface area contributed by atoms with E-state index in [1.165, 1.54) is 0 Å². The fourth-order valence-corrected chi connectivity index (χ4v) is 1.63. The van der Waals surface area contributed by atoms with Crippen molar-refractivity contribution in [3.8, 4) is 0 Å². The molecule has 0 aliphatic carbocycles. The molecule has 4 N–H and O–H groups in total. The second kappa shape index (κ2) is 4.34. The first-order valence-corrected chi connectivity index (χ1v) is 4.41. The molecule has 0 aromatic heterocycles. The second-order valence-electron chi connectivity index (χ2n) is 3.41. The SMILES string of the molecule is CNC1C(O)[C@H](C)C(CO)O[C@H]1O. The number of aliphatic hydroxyl groups is 3. The molecule has 3 unspecified atom stereocenters. The molecule has 1 aliphatic heterocycles. The van der Waals surface area contributed by atoms with Crippen LogP contribution in [-0.4, -0.2) is 53.5 Å². The maximum Gasteiger partial charge on any atom is 0.172 e. The van der Waals surface area contributed by atoms with Gasteiger partial charge in [0.2, 0.25) is 0 Å².